The molecule has 1 aromatic rings. The summed E-state index contributed by atoms with van der Waals surface area (Å²) >= 11 is 4.27. The molecule has 2 N–H and O–H groups in total. The molecule has 25 heavy (non-hydrogen) atoms. The fourth-order valence-corrected chi connectivity index (χ4v) is 3.24. The van der Waals surface area contributed by atoms with Gasteiger partial charge in [-0.15, -0.1) is 24.8 Å². The molecule has 0 aromatic heterocycles. The highest BCUT2D eigenvalue weighted by Crippen LogP contribution is 2.19. The van der Waals surface area contributed by atoms with Crippen LogP contribution in [0.1, 0.15) is 31.7 Å². The van der Waals surface area contributed by atoms with E-state index in [1.807, 2.05) is 23.1 Å². The number of nitrogens with two attached hydrogens (primary N) is 1. The molecule has 1 amide bonds. The van der Waals surface area contributed by atoms with Gasteiger partial charge in [-0.3, -0.25) is 9.69 Å². The number of carbonyl (C=O) groups is 1. The first-order valence-electron chi connectivity index (χ1n) is 8.59. The molecule has 2 rings (SSSR count). The third-order valence-electron chi connectivity index (χ3n) is 4.45. The molecule has 0 saturated carbocycles. The molecule has 4 nitrogen and oxygen atoms in total. The van der Waals surface area contributed by atoms with E-state index in [0.717, 1.165) is 38.9 Å². The highest BCUT2D eigenvalue weighted by Gasteiger charge is 2.34. The van der Waals surface area contributed by atoms with Gasteiger partial charge >= 0.3 is 0 Å². The van der Waals surface area contributed by atoms with Gasteiger partial charge in [-0.1, -0.05) is 50.1 Å². The predicted octanol–water partition coefficient (Wildman–Crippen LogP) is 2.99. The van der Waals surface area contributed by atoms with Gasteiger partial charge in [0.05, 0.1) is 6.04 Å². The second-order valence-electron chi connectivity index (χ2n) is 6.34. The Kier molecular flexibility index (Phi) is 12.6. The molecule has 1 aliphatic rings. The Labute approximate surface area is 169 Å². The van der Waals surface area contributed by atoms with E-state index in [9.17, 15) is 4.79 Å². The zero-order chi connectivity index (χ0) is 16.7. The van der Waals surface area contributed by atoms with Gasteiger partial charge in [-0.05, 0) is 12.0 Å². The average Bonchev–Trinajstić information content (AvgIpc) is 2.57. The molecule has 0 aliphatic carbocycles. The van der Waals surface area contributed by atoms with Gasteiger partial charge in [0.25, 0.3) is 0 Å². The van der Waals surface area contributed by atoms with Crippen molar-refractivity contribution in [2.24, 2.45) is 5.73 Å². The number of halogens is 2. The number of amides is 1. The zero-order valence-corrected chi connectivity index (χ0v) is 17.4. The van der Waals surface area contributed by atoms with Crippen LogP contribution in [0.5, 0.6) is 0 Å². The van der Waals surface area contributed by atoms with Crippen LogP contribution in [0.4, 0.5) is 0 Å². The number of hydrogen-bond donors (Lipinski definition) is 2. The molecule has 2 atom stereocenters. The van der Waals surface area contributed by atoms with Crippen LogP contribution in [0.25, 0.3) is 0 Å². The zero-order valence-electron chi connectivity index (χ0n) is 14.8. The van der Waals surface area contributed by atoms with Crippen molar-refractivity contribution in [1.29, 1.82) is 0 Å². The molecular weight excluding hydrogens is 377 g/mol. The first-order valence-corrected chi connectivity index (χ1v) is 9.22. The average molecular weight is 408 g/mol. The third kappa shape index (κ3) is 7.35. The summed E-state index contributed by atoms with van der Waals surface area (Å²) in [6, 6.07) is 10.2. The molecule has 1 aromatic carbocycles. The maximum Gasteiger partial charge on any atom is 0.240 e. The first-order chi connectivity index (χ1) is 11.2. The summed E-state index contributed by atoms with van der Waals surface area (Å²) in [5, 5.41) is 0. The minimum atomic E-state index is -0.0293. The van der Waals surface area contributed by atoms with E-state index < -0.39 is 0 Å². The predicted molar refractivity (Wildman–Crippen MR) is 113 cm³/mol. The summed E-state index contributed by atoms with van der Waals surface area (Å²) in [4.78, 5) is 17.2. The Hall–Kier alpha value is -0.460. The van der Waals surface area contributed by atoms with E-state index in [4.69, 9.17) is 5.73 Å². The number of benzene rings is 1. The van der Waals surface area contributed by atoms with E-state index in [2.05, 4.69) is 36.6 Å². The lowest BCUT2D eigenvalue weighted by atomic mass is 10.0. The molecule has 0 bridgehead atoms. The number of hydrogen-bond acceptors (Lipinski definition) is 4. The second kappa shape index (κ2) is 12.8. The molecule has 7 heteroatoms. The minimum absolute atomic E-state index is 0. The van der Waals surface area contributed by atoms with Gasteiger partial charge in [0, 0.05) is 38.0 Å². The SMILES string of the molecule is CCCCC1C(=O)N(Cc2ccccc2)CCN1CC(N)CS.Cl.Cl. The number of piperazine rings is 1. The smallest absolute Gasteiger partial charge is 0.240 e. The van der Waals surface area contributed by atoms with E-state index in [0.29, 0.717) is 12.3 Å². The van der Waals surface area contributed by atoms with Crippen LogP contribution in [0.15, 0.2) is 30.3 Å². The van der Waals surface area contributed by atoms with Crippen LogP contribution >= 0.6 is 37.4 Å². The lowest BCUT2D eigenvalue weighted by molar-refractivity contribution is -0.143. The quantitative estimate of drug-likeness (QED) is 0.651. The van der Waals surface area contributed by atoms with Crippen molar-refractivity contribution < 1.29 is 4.79 Å². The van der Waals surface area contributed by atoms with Gasteiger partial charge in [0.15, 0.2) is 0 Å². The van der Waals surface area contributed by atoms with Gasteiger partial charge in [0.2, 0.25) is 5.91 Å². The highest BCUT2D eigenvalue weighted by molar-refractivity contribution is 7.80. The van der Waals surface area contributed by atoms with Crippen LogP contribution in [-0.4, -0.2) is 53.2 Å². The molecule has 1 aliphatic heterocycles. The minimum Gasteiger partial charge on any atom is -0.336 e. The molecular formula is C18H31Cl2N3OS. The fourth-order valence-electron chi connectivity index (χ4n) is 3.12. The van der Waals surface area contributed by atoms with Gasteiger partial charge in [0.1, 0.15) is 0 Å². The Morgan fingerprint density at radius 3 is 2.52 bits per heavy atom. The summed E-state index contributed by atoms with van der Waals surface area (Å²) in [6.07, 6.45) is 3.09. The summed E-state index contributed by atoms with van der Waals surface area (Å²) in [5.74, 6) is 0.902. The van der Waals surface area contributed by atoms with Crippen LogP contribution < -0.4 is 5.73 Å². The summed E-state index contributed by atoms with van der Waals surface area (Å²) in [7, 11) is 0. The molecule has 0 spiro atoms. The van der Waals surface area contributed by atoms with Crippen LogP contribution in [0, 0.1) is 0 Å². The van der Waals surface area contributed by atoms with Gasteiger partial charge in [-0.2, -0.15) is 12.6 Å². The van der Waals surface area contributed by atoms with Crippen molar-refractivity contribution in [2.45, 2.75) is 44.8 Å². The summed E-state index contributed by atoms with van der Waals surface area (Å²) in [6.45, 7) is 5.29. The Bertz CT molecular complexity index is 492. The number of nitrogens with zero attached hydrogens (tertiary/aromatic N) is 2. The van der Waals surface area contributed by atoms with E-state index in [-0.39, 0.29) is 42.8 Å². The van der Waals surface area contributed by atoms with Crippen LogP contribution in [0.3, 0.4) is 0 Å². The lowest BCUT2D eigenvalue weighted by Crippen LogP contribution is -2.58. The Morgan fingerprint density at radius 1 is 1.24 bits per heavy atom. The fraction of sp³-hybridized carbons (Fsp3) is 0.611. The number of rotatable bonds is 8. The third-order valence-corrected chi connectivity index (χ3v) is 4.91. The van der Waals surface area contributed by atoms with Crippen molar-refractivity contribution in [1.82, 2.24) is 9.80 Å². The molecule has 2 unspecified atom stereocenters. The summed E-state index contributed by atoms with van der Waals surface area (Å²) < 4.78 is 0. The molecule has 1 heterocycles. The lowest BCUT2D eigenvalue weighted by Gasteiger charge is -2.41. The molecule has 0 radical (unpaired) electrons. The van der Waals surface area contributed by atoms with Crippen LogP contribution in [-0.2, 0) is 11.3 Å². The maximum absolute atomic E-state index is 12.9. The second-order valence-corrected chi connectivity index (χ2v) is 6.71. The number of thiol groups is 1. The van der Waals surface area contributed by atoms with Crippen molar-refractivity contribution in [3.05, 3.63) is 35.9 Å². The van der Waals surface area contributed by atoms with E-state index >= 15 is 0 Å². The van der Waals surface area contributed by atoms with Crippen molar-refractivity contribution in [3.8, 4) is 0 Å². The molecule has 1 saturated heterocycles. The highest BCUT2D eigenvalue weighted by atomic mass is 35.5. The first kappa shape index (κ1) is 24.5. The van der Waals surface area contributed by atoms with E-state index in [1.165, 1.54) is 5.56 Å². The van der Waals surface area contributed by atoms with Crippen LogP contribution in [0.2, 0.25) is 0 Å². The maximum atomic E-state index is 12.9. The Morgan fingerprint density at radius 2 is 1.92 bits per heavy atom. The van der Waals surface area contributed by atoms with E-state index in [1.54, 1.807) is 0 Å². The van der Waals surface area contributed by atoms with Crippen molar-refractivity contribution in [3.63, 3.8) is 0 Å². The number of carbonyl (C=O) groups excluding carboxylic acids is 1. The van der Waals surface area contributed by atoms with Gasteiger partial charge < -0.3 is 10.6 Å². The van der Waals surface area contributed by atoms with Gasteiger partial charge in [-0.25, -0.2) is 0 Å². The normalized spacial score (nSPS) is 19.1. The van der Waals surface area contributed by atoms with Crippen molar-refractivity contribution >= 4 is 43.4 Å². The monoisotopic (exact) mass is 407 g/mol. The summed E-state index contributed by atoms with van der Waals surface area (Å²) in [5.41, 5.74) is 7.25. The topological polar surface area (TPSA) is 49.6 Å². The Balaban J connectivity index is 0.00000288. The number of unbranched alkanes of at least 4 members (excludes halogenated alkanes) is 1. The standard InChI is InChI=1S/C18H29N3OS.2ClH/c1-2-3-9-17-18(22)21(12-15-7-5-4-6-8-15)11-10-20(17)13-16(19)14-23;;/h4-8,16-17,23H,2-3,9-14,19H2,1H3;2*1H. The molecule has 1 fully saturated rings. The van der Waals surface area contributed by atoms with Crippen molar-refractivity contribution in [2.75, 3.05) is 25.4 Å². The largest absolute Gasteiger partial charge is 0.336 e. The molecule has 144 valence electrons.